The van der Waals surface area contributed by atoms with Gasteiger partial charge in [0.1, 0.15) is 11.3 Å². The van der Waals surface area contributed by atoms with Gasteiger partial charge in [-0.05, 0) is 49.2 Å². The van der Waals surface area contributed by atoms with Crippen LogP contribution in [0.5, 0.6) is 0 Å². The SMILES string of the molecule is Cl.O=C1CN(CCc2ccc(Cl)cc2)CCN1c1ccc2c3c(oc2c1)CCCNC3. The maximum absolute atomic E-state index is 12.9. The largest absolute Gasteiger partial charge is 0.461 e. The molecule has 2 aliphatic heterocycles. The molecule has 1 fully saturated rings. The Hall–Kier alpha value is -2.05. The third-order valence-electron chi connectivity index (χ3n) is 6.16. The first kappa shape index (κ1) is 22.2. The second kappa shape index (κ2) is 9.61. The molecular weight excluding hydrogens is 433 g/mol. The molecule has 3 aromatic rings. The summed E-state index contributed by atoms with van der Waals surface area (Å²) in [5, 5.41) is 5.38. The maximum atomic E-state index is 12.9. The van der Waals surface area contributed by atoms with E-state index in [1.54, 1.807) is 0 Å². The van der Waals surface area contributed by atoms with Gasteiger partial charge in [0.05, 0.1) is 6.54 Å². The zero-order valence-electron chi connectivity index (χ0n) is 17.4. The molecule has 1 N–H and O–H groups in total. The molecule has 1 aromatic heterocycles. The van der Waals surface area contributed by atoms with E-state index in [-0.39, 0.29) is 18.3 Å². The van der Waals surface area contributed by atoms with Crippen molar-refractivity contribution >= 4 is 46.6 Å². The Morgan fingerprint density at radius 2 is 1.94 bits per heavy atom. The molecule has 0 spiro atoms. The summed E-state index contributed by atoms with van der Waals surface area (Å²) in [7, 11) is 0. The Balaban J connectivity index is 0.00000231. The van der Waals surface area contributed by atoms with E-state index < -0.39 is 0 Å². The molecule has 164 valence electrons. The Morgan fingerprint density at radius 3 is 2.74 bits per heavy atom. The number of anilines is 1. The van der Waals surface area contributed by atoms with Gasteiger partial charge in [0.25, 0.3) is 0 Å². The second-order valence-corrected chi connectivity index (χ2v) is 8.60. The number of fused-ring (bicyclic) bond motifs is 3. The summed E-state index contributed by atoms with van der Waals surface area (Å²) in [4.78, 5) is 17.0. The molecule has 2 aliphatic rings. The lowest BCUT2D eigenvalue weighted by Gasteiger charge is -2.34. The Labute approximate surface area is 193 Å². The van der Waals surface area contributed by atoms with Crippen molar-refractivity contribution < 1.29 is 9.21 Å². The number of amides is 1. The zero-order chi connectivity index (χ0) is 20.5. The number of nitrogens with zero attached hydrogens (tertiary/aromatic N) is 2. The number of nitrogens with one attached hydrogen (secondary N) is 1. The smallest absolute Gasteiger partial charge is 0.241 e. The molecule has 2 aromatic carbocycles. The maximum Gasteiger partial charge on any atom is 0.241 e. The summed E-state index contributed by atoms with van der Waals surface area (Å²) < 4.78 is 6.16. The molecule has 0 atom stereocenters. The first-order valence-electron chi connectivity index (χ1n) is 10.7. The van der Waals surface area contributed by atoms with Crippen LogP contribution in [0, 0.1) is 0 Å². The van der Waals surface area contributed by atoms with Gasteiger partial charge in [0.2, 0.25) is 5.91 Å². The number of aryl methyl sites for hydroxylation is 1. The molecule has 0 aliphatic carbocycles. The molecule has 0 radical (unpaired) electrons. The van der Waals surface area contributed by atoms with E-state index >= 15 is 0 Å². The Morgan fingerprint density at radius 1 is 1.10 bits per heavy atom. The van der Waals surface area contributed by atoms with Crippen molar-refractivity contribution in [3.05, 3.63) is 64.4 Å². The van der Waals surface area contributed by atoms with Crippen molar-refractivity contribution in [1.82, 2.24) is 10.2 Å². The van der Waals surface area contributed by atoms with Crippen molar-refractivity contribution in [2.24, 2.45) is 0 Å². The van der Waals surface area contributed by atoms with Crippen LogP contribution in [0.15, 0.2) is 46.9 Å². The van der Waals surface area contributed by atoms with Crippen LogP contribution in [0.3, 0.4) is 0 Å². The predicted octanol–water partition coefficient (Wildman–Crippen LogP) is 4.44. The quantitative estimate of drug-likeness (QED) is 0.626. The highest BCUT2D eigenvalue weighted by molar-refractivity contribution is 6.30. The third-order valence-corrected chi connectivity index (χ3v) is 6.41. The predicted molar refractivity (Wildman–Crippen MR) is 127 cm³/mol. The zero-order valence-corrected chi connectivity index (χ0v) is 19.0. The van der Waals surface area contributed by atoms with Crippen LogP contribution in [-0.2, 0) is 24.2 Å². The Bertz CT molecular complexity index is 1060. The average Bonchev–Trinajstić information content (AvgIpc) is 2.93. The van der Waals surface area contributed by atoms with Gasteiger partial charge >= 0.3 is 0 Å². The highest BCUT2D eigenvalue weighted by atomic mass is 35.5. The van der Waals surface area contributed by atoms with Crippen LogP contribution in [-0.4, -0.2) is 43.5 Å². The number of benzene rings is 2. The number of halogens is 2. The van der Waals surface area contributed by atoms with Gasteiger partial charge in [-0.2, -0.15) is 0 Å². The minimum Gasteiger partial charge on any atom is -0.461 e. The van der Waals surface area contributed by atoms with Gasteiger partial charge in [-0.1, -0.05) is 23.7 Å². The van der Waals surface area contributed by atoms with Crippen molar-refractivity contribution in [2.45, 2.75) is 25.8 Å². The van der Waals surface area contributed by atoms with Gasteiger partial charge in [-0.3, -0.25) is 9.69 Å². The van der Waals surface area contributed by atoms with E-state index in [0.717, 1.165) is 72.9 Å². The summed E-state index contributed by atoms with van der Waals surface area (Å²) in [6, 6.07) is 14.1. The number of furan rings is 1. The summed E-state index contributed by atoms with van der Waals surface area (Å²) in [5.74, 6) is 1.23. The normalized spacial score (nSPS) is 17.3. The van der Waals surface area contributed by atoms with Gasteiger partial charge in [-0.25, -0.2) is 0 Å². The second-order valence-electron chi connectivity index (χ2n) is 8.16. The van der Waals surface area contributed by atoms with Crippen LogP contribution in [0.1, 0.15) is 23.3 Å². The molecule has 1 amide bonds. The van der Waals surface area contributed by atoms with E-state index in [2.05, 4.69) is 34.5 Å². The highest BCUT2D eigenvalue weighted by Crippen LogP contribution is 2.31. The minimum atomic E-state index is 0. The van der Waals surface area contributed by atoms with E-state index in [4.69, 9.17) is 16.0 Å². The van der Waals surface area contributed by atoms with Gasteiger partial charge in [0.15, 0.2) is 0 Å². The van der Waals surface area contributed by atoms with E-state index in [9.17, 15) is 4.79 Å². The molecular formula is C24H27Cl2N3O2. The van der Waals surface area contributed by atoms with Crippen LogP contribution in [0.25, 0.3) is 11.0 Å². The topological polar surface area (TPSA) is 48.7 Å². The summed E-state index contributed by atoms with van der Waals surface area (Å²) >= 11 is 5.96. The van der Waals surface area contributed by atoms with Gasteiger partial charge < -0.3 is 14.6 Å². The molecule has 0 bridgehead atoms. The number of hydrogen-bond donors (Lipinski definition) is 1. The van der Waals surface area contributed by atoms with Crippen molar-refractivity contribution in [2.75, 3.05) is 37.6 Å². The fourth-order valence-corrected chi connectivity index (χ4v) is 4.59. The van der Waals surface area contributed by atoms with E-state index in [1.165, 1.54) is 11.1 Å². The average molecular weight is 460 g/mol. The molecule has 5 nitrogen and oxygen atoms in total. The Kier molecular flexibility index (Phi) is 6.87. The van der Waals surface area contributed by atoms with E-state index in [1.807, 2.05) is 23.1 Å². The molecule has 31 heavy (non-hydrogen) atoms. The lowest BCUT2D eigenvalue weighted by Crippen LogP contribution is -2.50. The monoisotopic (exact) mass is 459 g/mol. The molecule has 5 rings (SSSR count). The number of hydrogen-bond acceptors (Lipinski definition) is 4. The first-order chi connectivity index (χ1) is 14.7. The van der Waals surface area contributed by atoms with Gasteiger partial charge in [0, 0.05) is 60.3 Å². The van der Waals surface area contributed by atoms with Crippen LogP contribution in [0.2, 0.25) is 5.02 Å². The molecule has 0 unspecified atom stereocenters. The third kappa shape index (κ3) is 4.75. The van der Waals surface area contributed by atoms with Crippen molar-refractivity contribution in [3.8, 4) is 0 Å². The number of carbonyl (C=O) groups is 1. The standard InChI is InChI=1S/C24H26ClN3O2.ClH/c25-18-5-3-17(4-6-18)9-11-27-12-13-28(24(29)16-27)19-7-8-20-21-15-26-10-1-2-22(21)30-23(20)14-19;/h3-8,14,26H,1-2,9-13,15-16H2;1H. The summed E-state index contributed by atoms with van der Waals surface area (Å²) in [5.41, 5.74) is 4.33. The van der Waals surface area contributed by atoms with Crippen LogP contribution in [0.4, 0.5) is 5.69 Å². The van der Waals surface area contributed by atoms with Crippen molar-refractivity contribution in [3.63, 3.8) is 0 Å². The molecule has 7 heteroatoms. The number of carbonyl (C=O) groups excluding carboxylic acids is 1. The highest BCUT2D eigenvalue weighted by Gasteiger charge is 2.26. The number of rotatable bonds is 4. The fraction of sp³-hybridized carbons (Fsp3) is 0.375. The fourth-order valence-electron chi connectivity index (χ4n) is 4.46. The molecule has 1 saturated heterocycles. The number of piperazine rings is 1. The van der Waals surface area contributed by atoms with Crippen LogP contribution < -0.4 is 10.2 Å². The van der Waals surface area contributed by atoms with Crippen molar-refractivity contribution in [1.29, 1.82) is 0 Å². The molecule has 0 saturated carbocycles. The molecule has 3 heterocycles. The van der Waals surface area contributed by atoms with E-state index in [0.29, 0.717) is 13.1 Å². The lowest BCUT2D eigenvalue weighted by molar-refractivity contribution is -0.121. The lowest BCUT2D eigenvalue weighted by atomic mass is 10.1. The minimum absolute atomic E-state index is 0. The summed E-state index contributed by atoms with van der Waals surface area (Å²) in [6.45, 7) is 4.78. The summed E-state index contributed by atoms with van der Waals surface area (Å²) in [6.07, 6.45) is 2.98. The van der Waals surface area contributed by atoms with Gasteiger partial charge in [-0.15, -0.1) is 12.4 Å². The van der Waals surface area contributed by atoms with Crippen LogP contribution >= 0.6 is 24.0 Å². The first-order valence-corrected chi connectivity index (χ1v) is 11.1.